The van der Waals surface area contributed by atoms with E-state index in [9.17, 15) is 9.18 Å². The van der Waals surface area contributed by atoms with Crippen molar-refractivity contribution in [1.82, 2.24) is 25.1 Å². The molecule has 0 fully saturated rings. The Labute approximate surface area is 166 Å². The fraction of sp³-hybridized carbons (Fsp3) is 0.143. The van der Waals surface area contributed by atoms with E-state index < -0.39 is 11.8 Å². The molecule has 0 aliphatic carbocycles. The van der Waals surface area contributed by atoms with Crippen LogP contribution in [0.1, 0.15) is 24.2 Å². The largest absolute Gasteiger partial charge is 0.331 e. The second-order valence-electron chi connectivity index (χ2n) is 6.66. The van der Waals surface area contributed by atoms with Crippen molar-refractivity contribution < 1.29 is 9.18 Å². The number of benzene rings is 1. The van der Waals surface area contributed by atoms with Crippen LogP contribution in [0.15, 0.2) is 61.1 Å². The lowest BCUT2D eigenvalue weighted by molar-refractivity contribution is 0.249. The predicted molar refractivity (Wildman–Crippen MR) is 108 cm³/mol. The van der Waals surface area contributed by atoms with E-state index in [4.69, 9.17) is 0 Å². The smallest absolute Gasteiger partial charge is 0.320 e. The molecule has 0 spiro atoms. The summed E-state index contributed by atoms with van der Waals surface area (Å²) in [6.45, 7) is 3.72. The van der Waals surface area contributed by atoms with E-state index in [0.717, 1.165) is 16.9 Å². The minimum atomic E-state index is -0.637. The molecular weight excluding hydrogens is 371 g/mol. The van der Waals surface area contributed by atoms with Crippen LogP contribution in [0.25, 0.3) is 16.6 Å². The summed E-state index contributed by atoms with van der Waals surface area (Å²) >= 11 is 0. The first-order valence-corrected chi connectivity index (χ1v) is 9.10. The van der Waals surface area contributed by atoms with Crippen LogP contribution < -0.4 is 10.6 Å². The van der Waals surface area contributed by atoms with Crippen molar-refractivity contribution in [2.75, 3.05) is 5.32 Å². The average Bonchev–Trinajstić information content (AvgIpc) is 3.15. The SMILES string of the molecule is Cc1cc(-n2ncc3c(F)c(NC(=O)NC(C)c4ccccc4)ncc32)ccn1. The molecule has 2 amide bonds. The number of aryl methyl sites for hydroxylation is 1. The van der Waals surface area contributed by atoms with Gasteiger partial charge in [0.2, 0.25) is 0 Å². The number of hydrogen-bond donors (Lipinski definition) is 2. The zero-order valence-electron chi connectivity index (χ0n) is 15.9. The molecule has 8 heteroatoms. The van der Waals surface area contributed by atoms with Gasteiger partial charge in [0.15, 0.2) is 11.6 Å². The van der Waals surface area contributed by atoms with Gasteiger partial charge in [0, 0.05) is 11.9 Å². The van der Waals surface area contributed by atoms with Crippen molar-refractivity contribution in [1.29, 1.82) is 0 Å². The topological polar surface area (TPSA) is 84.7 Å². The van der Waals surface area contributed by atoms with E-state index in [1.165, 1.54) is 12.4 Å². The average molecular weight is 390 g/mol. The highest BCUT2D eigenvalue weighted by Crippen LogP contribution is 2.24. The van der Waals surface area contributed by atoms with E-state index in [1.807, 2.05) is 50.2 Å². The molecule has 1 atom stereocenters. The first kappa shape index (κ1) is 18.5. The number of pyridine rings is 2. The molecule has 3 aromatic heterocycles. The van der Waals surface area contributed by atoms with E-state index >= 15 is 0 Å². The van der Waals surface area contributed by atoms with Crippen molar-refractivity contribution in [2.45, 2.75) is 19.9 Å². The maximum atomic E-state index is 14.9. The quantitative estimate of drug-likeness (QED) is 0.548. The molecule has 0 radical (unpaired) electrons. The molecular formula is C21H19FN6O. The molecule has 0 saturated heterocycles. The van der Waals surface area contributed by atoms with Gasteiger partial charge in [-0.3, -0.25) is 10.3 Å². The minimum Gasteiger partial charge on any atom is -0.331 e. The Bertz CT molecular complexity index is 1170. The van der Waals surface area contributed by atoms with Gasteiger partial charge >= 0.3 is 6.03 Å². The van der Waals surface area contributed by atoms with E-state index in [1.54, 1.807) is 16.9 Å². The molecule has 146 valence electrons. The number of aromatic nitrogens is 4. The number of halogens is 1. The summed E-state index contributed by atoms with van der Waals surface area (Å²) in [6, 6.07) is 12.3. The first-order valence-electron chi connectivity index (χ1n) is 9.10. The van der Waals surface area contributed by atoms with E-state index in [0.29, 0.717) is 5.52 Å². The van der Waals surface area contributed by atoms with Crippen LogP contribution in [-0.4, -0.2) is 25.8 Å². The van der Waals surface area contributed by atoms with Gasteiger partial charge < -0.3 is 5.32 Å². The van der Waals surface area contributed by atoms with Gasteiger partial charge in [-0.05, 0) is 31.5 Å². The standard InChI is InChI=1S/C21H19FN6O/c1-13-10-16(8-9-23-13)28-18-12-24-20(19(22)17(18)11-25-28)27-21(29)26-14(2)15-6-4-3-5-7-15/h3-12,14H,1-2H3,(H2,24,26,27,29). The third-order valence-corrected chi connectivity index (χ3v) is 4.57. The van der Waals surface area contributed by atoms with Gasteiger partial charge in [-0.15, -0.1) is 0 Å². The molecule has 2 N–H and O–H groups in total. The normalized spacial score (nSPS) is 12.0. The molecule has 7 nitrogen and oxygen atoms in total. The zero-order valence-corrected chi connectivity index (χ0v) is 15.9. The van der Waals surface area contributed by atoms with Gasteiger partial charge in [0.05, 0.1) is 35.0 Å². The van der Waals surface area contributed by atoms with Gasteiger partial charge in [-0.25, -0.2) is 18.9 Å². The summed E-state index contributed by atoms with van der Waals surface area (Å²) in [4.78, 5) is 20.5. The summed E-state index contributed by atoms with van der Waals surface area (Å²) in [6.07, 6.45) is 4.56. The van der Waals surface area contributed by atoms with Gasteiger partial charge in [-0.1, -0.05) is 30.3 Å². The monoisotopic (exact) mass is 390 g/mol. The molecule has 1 aromatic carbocycles. The van der Waals surface area contributed by atoms with E-state index in [2.05, 4.69) is 25.7 Å². The number of carbonyl (C=O) groups excluding carboxylic acids is 1. The first-order chi connectivity index (χ1) is 14.0. The summed E-state index contributed by atoms with van der Waals surface area (Å²) < 4.78 is 16.5. The number of anilines is 1. The Morgan fingerprint density at radius 3 is 2.69 bits per heavy atom. The van der Waals surface area contributed by atoms with Crippen molar-refractivity contribution >= 4 is 22.8 Å². The third-order valence-electron chi connectivity index (χ3n) is 4.57. The second-order valence-corrected chi connectivity index (χ2v) is 6.66. The number of rotatable bonds is 4. The number of nitrogens with zero attached hydrogens (tertiary/aromatic N) is 4. The van der Waals surface area contributed by atoms with Crippen LogP contribution in [0.3, 0.4) is 0 Å². The molecule has 4 aromatic rings. The van der Waals surface area contributed by atoms with Gasteiger partial charge in [0.1, 0.15) is 0 Å². The summed E-state index contributed by atoms with van der Waals surface area (Å²) in [5.74, 6) is -0.789. The summed E-state index contributed by atoms with van der Waals surface area (Å²) in [7, 11) is 0. The summed E-state index contributed by atoms with van der Waals surface area (Å²) in [5.41, 5.74) is 3.02. The van der Waals surface area contributed by atoms with Crippen LogP contribution in [0.5, 0.6) is 0 Å². The number of hydrogen-bond acceptors (Lipinski definition) is 4. The Morgan fingerprint density at radius 1 is 1.14 bits per heavy atom. The number of amides is 2. The lowest BCUT2D eigenvalue weighted by Crippen LogP contribution is -2.31. The molecule has 1 unspecified atom stereocenters. The molecule has 3 heterocycles. The van der Waals surface area contributed by atoms with Crippen molar-refractivity contribution in [3.05, 3.63) is 78.1 Å². The number of fused-ring (bicyclic) bond motifs is 1. The minimum absolute atomic E-state index is 0.152. The number of carbonyl (C=O) groups is 1. The van der Waals surface area contributed by atoms with Crippen LogP contribution in [0, 0.1) is 12.7 Å². The molecule has 0 bridgehead atoms. The van der Waals surface area contributed by atoms with Crippen molar-refractivity contribution in [3.63, 3.8) is 0 Å². The number of nitrogens with one attached hydrogen (secondary N) is 2. The van der Waals surface area contributed by atoms with E-state index in [-0.39, 0.29) is 17.2 Å². The Balaban J connectivity index is 1.56. The van der Waals surface area contributed by atoms with Crippen molar-refractivity contribution in [2.24, 2.45) is 0 Å². The number of urea groups is 1. The Morgan fingerprint density at radius 2 is 1.93 bits per heavy atom. The highest BCUT2D eigenvalue weighted by atomic mass is 19.1. The van der Waals surface area contributed by atoms with Crippen LogP contribution in [-0.2, 0) is 0 Å². The maximum Gasteiger partial charge on any atom is 0.320 e. The lowest BCUT2D eigenvalue weighted by atomic mass is 10.1. The molecule has 4 rings (SSSR count). The van der Waals surface area contributed by atoms with Gasteiger partial charge in [0.25, 0.3) is 0 Å². The molecule has 0 saturated carbocycles. The van der Waals surface area contributed by atoms with Crippen LogP contribution in [0.4, 0.5) is 15.0 Å². The molecule has 0 aliphatic heterocycles. The summed E-state index contributed by atoms with van der Waals surface area (Å²) in [5, 5.41) is 9.77. The molecule has 0 aliphatic rings. The van der Waals surface area contributed by atoms with Crippen LogP contribution in [0.2, 0.25) is 0 Å². The Kier molecular flexibility index (Phi) is 4.90. The zero-order chi connectivity index (χ0) is 20.4. The predicted octanol–water partition coefficient (Wildman–Crippen LogP) is 4.15. The highest BCUT2D eigenvalue weighted by molar-refractivity contribution is 5.91. The Hall–Kier alpha value is -3.81. The fourth-order valence-corrected chi connectivity index (χ4v) is 3.08. The lowest BCUT2D eigenvalue weighted by Gasteiger charge is -2.15. The maximum absolute atomic E-state index is 14.9. The van der Waals surface area contributed by atoms with Crippen molar-refractivity contribution in [3.8, 4) is 5.69 Å². The fourth-order valence-electron chi connectivity index (χ4n) is 3.08. The molecule has 29 heavy (non-hydrogen) atoms. The highest BCUT2D eigenvalue weighted by Gasteiger charge is 2.17. The second kappa shape index (κ2) is 7.67. The van der Waals surface area contributed by atoms with Crippen LogP contribution >= 0.6 is 0 Å². The third kappa shape index (κ3) is 3.77. The van der Waals surface area contributed by atoms with Gasteiger partial charge in [-0.2, -0.15) is 5.10 Å².